The van der Waals surface area contributed by atoms with Gasteiger partial charge in [-0.1, -0.05) is 0 Å². The summed E-state index contributed by atoms with van der Waals surface area (Å²) in [6.45, 7) is 7.13. The minimum atomic E-state index is -0.459. The van der Waals surface area contributed by atoms with Crippen LogP contribution in [0, 0.1) is 20.8 Å². The van der Waals surface area contributed by atoms with E-state index >= 15 is 0 Å². The number of aromatic amines is 2. The van der Waals surface area contributed by atoms with Crippen molar-refractivity contribution in [2.75, 3.05) is 5.73 Å². The Labute approximate surface area is 121 Å². The quantitative estimate of drug-likeness (QED) is 0.653. The number of pyridine rings is 1. The molecule has 0 fully saturated rings. The van der Waals surface area contributed by atoms with Crippen molar-refractivity contribution in [1.82, 2.24) is 25.5 Å². The normalized spacial score (nSPS) is 12.2. The summed E-state index contributed by atoms with van der Waals surface area (Å²) in [5.74, 6) is 0.0735. The van der Waals surface area contributed by atoms with Gasteiger partial charge in [0.1, 0.15) is 11.4 Å². The second-order valence-corrected chi connectivity index (χ2v) is 4.98. The number of carbonyl (C=O) groups is 1. The zero-order valence-electron chi connectivity index (χ0n) is 12.4. The maximum absolute atomic E-state index is 12.3. The molecule has 5 N–H and O–H groups in total. The molecule has 2 aromatic rings. The maximum atomic E-state index is 12.3. The molecule has 2 rings (SSSR count). The molecule has 0 saturated carbocycles. The SMILES string of the molecule is Cc1[nH]c(=O)c(C(=O)N[C@@H](C)c2nc(N)n[nH]2)c(C)c1C. The minimum absolute atomic E-state index is 0.103. The predicted molar refractivity (Wildman–Crippen MR) is 78.0 cm³/mol. The second-order valence-electron chi connectivity index (χ2n) is 4.98. The van der Waals surface area contributed by atoms with Crippen molar-refractivity contribution in [2.24, 2.45) is 0 Å². The predicted octanol–water partition coefficient (Wildman–Crippen LogP) is 0.491. The number of nitrogens with one attached hydrogen (secondary N) is 3. The highest BCUT2D eigenvalue weighted by molar-refractivity contribution is 5.95. The molecule has 21 heavy (non-hydrogen) atoms. The third-order valence-corrected chi connectivity index (χ3v) is 3.53. The van der Waals surface area contributed by atoms with Crippen LogP contribution >= 0.6 is 0 Å². The zero-order valence-corrected chi connectivity index (χ0v) is 12.4. The summed E-state index contributed by atoms with van der Waals surface area (Å²) in [4.78, 5) is 30.9. The fourth-order valence-corrected chi connectivity index (χ4v) is 2.06. The summed E-state index contributed by atoms with van der Waals surface area (Å²) < 4.78 is 0. The van der Waals surface area contributed by atoms with E-state index < -0.39 is 17.5 Å². The lowest BCUT2D eigenvalue weighted by Crippen LogP contribution is -2.33. The molecule has 8 nitrogen and oxygen atoms in total. The first-order valence-electron chi connectivity index (χ1n) is 6.50. The van der Waals surface area contributed by atoms with E-state index in [4.69, 9.17) is 5.73 Å². The second kappa shape index (κ2) is 5.39. The molecular formula is C13H18N6O2. The molecule has 112 valence electrons. The highest BCUT2D eigenvalue weighted by Gasteiger charge is 2.20. The number of anilines is 1. The molecule has 0 aromatic carbocycles. The van der Waals surface area contributed by atoms with E-state index in [2.05, 4.69) is 25.5 Å². The number of carbonyl (C=O) groups excluding carboxylic acids is 1. The Bertz CT molecular complexity index is 746. The summed E-state index contributed by atoms with van der Waals surface area (Å²) in [5, 5.41) is 9.03. The summed E-state index contributed by atoms with van der Waals surface area (Å²) in [6, 6.07) is -0.442. The zero-order chi connectivity index (χ0) is 15.7. The molecule has 0 unspecified atom stereocenters. The van der Waals surface area contributed by atoms with Crippen molar-refractivity contribution in [3.63, 3.8) is 0 Å². The third kappa shape index (κ3) is 2.78. The van der Waals surface area contributed by atoms with Crippen molar-refractivity contribution in [1.29, 1.82) is 0 Å². The minimum Gasteiger partial charge on any atom is -0.367 e. The van der Waals surface area contributed by atoms with E-state index in [9.17, 15) is 9.59 Å². The summed E-state index contributed by atoms with van der Waals surface area (Å²) >= 11 is 0. The number of nitrogens with two attached hydrogens (primary N) is 1. The van der Waals surface area contributed by atoms with Gasteiger partial charge in [0.05, 0.1) is 6.04 Å². The molecule has 0 aliphatic carbocycles. The van der Waals surface area contributed by atoms with E-state index in [0.717, 1.165) is 11.3 Å². The van der Waals surface area contributed by atoms with Gasteiger partial charge in [-0.2, -0.15) is 4.98 Å². The maximum Gasteiger partial charge on any atom is 0.261 e. The van der Waals surface area contributed by atoms with E-state index in [-0.39, 0.29) is 11.5 Å². The van der Waals surface area contributed by atoms with Gasteiger partial charge in [-0.25, -0.2) is 0 Å². The van der Waals surface area contributed by atoms with Crippen LogP contribution in [-0.2, 0) is 0 Å². The van der Waals surface area contributed by atoms with Crippen LogP contribution in [0.15, 0.2) is 4.79 Å². The fourth-order valence-electron chi connectivity index (χ4n) is 2.06. The van der Waals surface area contributed by atoms with Crippen LogP contribution in [0.1, 0.15) is 46.0 Å². The number of nitrogen functional groups attached to an aromatic ring is 1. The van der Waals surface area contributed by atoms with Gasteiger partial charge in [-0.15, -0.1) is 5.10 Å². The Morgan fingerprint density at radius 2 is 1.95 bits per heavy atom. The van der Waals surface area contributed by atoms with Crippen LogP contribution in [0.25, 0.3) is 0 Å². The number of hydrogen-bond donors (Lipinski definition) is 4. The lowest BCUT2D eigenvalue weighted by molar-refractivity contribution is 0.0936. The molecule has 0 bridgehead atoms. The molecular weight excluding hydrogens is 272 g/mol. The Balaban J connectivity index is 2.29. The Hall–Kier alpha value is -2.64. The van der Waals surface area contributed by atoms with Gasteiger partial charge in [0.25, 0.3) is 11.5 Å². The third-order valence-electron chi connectivity index (χ3n) is 3.53. The topological polar surface area (TPSA) is 130 Å². The van der Waals surface area contributed by atoms with Crippen LogP contribution in [0.2, 0.25) is 0 Å². The number of aromatic nitrogens is 4. The number of hydrogen-bond acceptors (Lipinski definition) is 5. The molecule has 1 atom stereocenters. The van der Waals surface area contributed by atoms with Gasteiger partial charge in [-0.3, -0.25) is 14.7 Å². The highest BCUT2D eigenvalue weighted by atomic mass is 16.2. The lowest BCUT2D eigenvalue weighted by Gasteiger charge is -2.14. The first-order chi connectivity index (χ1) is 9.81. The number of H-pyrrole nitrogens is 2. The molecule has 0 spiro atoms. The smallest absolute Gasteiger partial charge is 0.261 e. The van der Waals surface area contributed by atoms with E-state index in [0.29, 0.717) is 11.4 Å². The Morgan fingerprint density at radius 1 is 1.29 bits per heavy atom. The van der Waals surface area contributed by atoms with Crippen LogP contribution in [0.4, 0.5) is 5.95 Å². The first kappa shape index (κ1) is 14.8. The van der Waals surface area contributed by atoms with Gasteiger partial charge >= 0.3 is 0 Å². The molecule has 0 aliphatic rings. The molecule has 0 saturated heterocycles. The van der Waals surface area contributed by atoms with E-state index in [1.54, 1.807) is 20.8 Å². The van der Waals surface area contributed by atoms with Crippen LogP contribution in [0.3, 0.4) is 0 Å². The van der Waals surface area contributed by atoms with Crippen molar-refractivity contribution in [2.45, 2.75) is 33.7 Å². The van der Waals surface area contributed by atoms with Crippen LogP contribution in [0.5, 0.6) is 0 Å². The first-order valence-corrected chi connectivity index (χ1v) is 6.50. The number of amides is 1. The van der Waals surface area contributed by atoms with Gasteiger partial charge < -0.3 is 16.0 Å². The van der Waals surface area contributed by atoms with Crippen molar-refractivity contribution in [3.05, 3.63) is 38.6 Å². The van der Waals surface area contributed by atoms with Gasteiger partial charge in [-0.05, 0) is 38.8 Å². The fraction of sp³-hybridized carbons (Fsp3) is 0.385. The summed E-state index contributed by atoms with van der Waals surface area (Å²) in [5.41, 5.74) is 7.43. The monoisotopic (exact) mass is 290 g/mol. The highest BCUT2D eigenvalue weighted by Crippen LogP contribution is 2.13. The number of nitrogens with zero attached hydrogens (tertiary/aromatic N) is 2. The van der Waals surface area contributed by atoms with Gasteiger partial charge in [0, 0.05) is 5.69 Å². The molecule has 1 amide bonds. The van der Waals surface area contributed by atoms with Crippen molar-refractivity contribution < 1.29 is 4.79 Å². The van der Waals surface area contributed by atoms with Crippen molar-refractivity contribution >= 4 is 11.9 Å². The largest absolute Gasteiger partial charge is 0.367 e. The molecule has 0 aliphatic heterocycles. The molecule has 2 aromatic heterocycles. The number of rotatable bonds is 3. The Morgan fingerprint density at radius 3 is 2.52 bits per heavy atom. The standard InChI is InChI=1S/C13H18N6O2/c1-5-6(2)9(11(20)15-7(5)3)12(21)16-8(4)10-17-13(14)19-18-10/h8H,1-4H3,(H,15,20)(H,16,21)(H3,14,17,18,19)/t8-/m0/s1. The summed E-state index contributed by atoms with van der Waals surface area (Å²) in [7, 11) is 0. The average Bonchev–Trinajstić information content (AvgIpc) is 2.83. The molecule has 8 heteroatoms. The van der Waals surface area contributed by atoms with Gasteiger partial charge in [0.2, 0.25) is 5.95 Å². The van der Waals surface area contributed by atoms with E-state index in [1.807, 2.05) is 6.92 Å². The van der Waals surface area contributed by atoms with Crippen LogP contribution < -0.4 is 16.6 Å². The average molecular weight is 290 g/mol. The van der Waals surface area contributed by atoms with Gasteiger partial charge in [0.15, 0.2) is 0 Å². The van der Waals surface area contributed by atoms with Crippen molar-refractivity contribution in [3.8, 4) is 0 Å². The molecule has 0 radical (unpaired) electrons. The van der Waals surface area contributed by atoms with Crippen LogP contribution in [-0.4, -0.2) is 26.1 Å². The molecule has 2 heterocycles. The number of aryl methyl sites for hydroxylation is 1. The lowest BCUT2D eigenvalue weighted by atomic mass is 10.0. The Kier molecular flexibility index (Phi) is 3.79. The van der Waals surface area contributed by atoms with E-state index in [1.165, 1.54) is 0 Å². The summed E-state index contributed by atoms with van der Waals surface area (Å²) in [6.07, 6.45) is 0.